The van der Waals surface area contributed by atoms with E-state index in [2.05, 4.69) is 5.32 Å². The summed E-state index contributed by atoms with van der Waals surface area (Å²) in [7, 11) is 0. The van der Waals surface area contributed by atoms with Crippen molar-refractivity contribution in [3.63, 3.8) is 0 Å². The summed E-state index contributed by atoms with van der Waals surface area (Å²) < 4.78 is 1.53. The zero-order valence-electron chi connectivity index (χ0n) is 13.5. The van der Waals surface area contributed by atoms with E-state index in [0.717, 1.165) is 18.7 Å². The van der Waals surface area contributed by atoms with E-state index in [1.165, 1.54) is 10.6 Å². The maximum Gasteiger partial charge on any atom is 0.255 e. The molecule has 0 spiro atoms. The first kappa shape index (κ1) is 16.7. The van der Waals surface area contributed by atoms with Gasteiger partial charge >= 0.3 is 0 Å². The number of halogens is 1. The first-order valence-electron chi connectivity index (χ1n) is 8.02. The highest BCUT2D eigenvalue weighted by Gasteiger charge is 2.24. The van der Waals surface area contributed by atoms with Gasteiger partial charge in [-0.3, -0.25) is 9.59 Å². The number of aromatic nitrogens is 1. The second kappa shape index (κ2) is 7.20. The number of nitrogens with one attached hydrogen (secondary N) is 1. The number of hydrogen-bond donors (Lipinski definition) is 1. The van der Waals surface area contributed by atoms with Crippen LogP contribution in [0.3, 0.4) is 0 Å². The van der Waals surface area contributed by atoms with Gasteiger partial charge in [0.25, 0.3) is 11.5 Å². The summed E-state index contributed by atoms with van der Waals surface area (Å²) in [6.45, 7) is 4.60. The van der Waals surface area contributed by atoms with Crippen LogP contribution in [0.4, 0.5) is 0 Å². The minimum Gasteiger partial charge on any atom is -0.333 e. The average Bonchev–Trinajstić information content (AvgIpc) is 2.58. The molecule has 2 aromatic rings. The number of benzene rings is 1. The van der Waals surface area contributed by atoms with Crippen molar-refractivity contribution in [2.45, 2.75) is 19.5 Å². The van der Waals surface area contributed by atoms with Crippen LogP contribution in [0, 0.1) is 0 Å². The van der Waals surface area contributed by atoms with E-state index in [1.807, 2.05) is 30.0 Å². The molecule has 0 unspecified atom stereocenters. The molecule has 126 valence electrons. The minimum atomic E-state index is -0.153. The van der Waals surface area contributed by atoms with Gasteiger partial charge < -0.3 is 14.8 Å². The first-order valence-corrected chi connectivity index (χ1v) is 8.39. The van der Waals surface area contributed by atoms with Crippen LogP contribution in [0.1, 0.15) is 22.8 Å². The molecule has 24 heavy (non-hydrogen) atoms. The van der Waals surface area contributed by atoms with Crippen LogP contribution in [-0.2, 0) is 6.54 Å². The van der Waals surface area contributed by atoms with Crippen LogP contribution in [0.5, 0.6) is 0 Å². The standard InChI is InChI=1S/C18H20ClN3O2/c1-13-10-20-8-9-22(13)18(24)15-6-7-17(23)21(12-15)11-14-4-2-3-5-16(14)19/h2-7,12-13,20H,8-11H2,1H3/t13-/m0/s1. The fraction of sp³-hybridized carbons (Fsp3) is 0.333. The van der Waals surface area contributed by atoms with E-state index in [-0.39, 0.29) is 17.5 Å². The number of piperazine rings is 1. The molecule has 0 saturated carbocycles. The second-order valence-corrected chi connectivity index (χ2v) is 6.43. The predicted octanol–water partition coefficient (Wildman–Crippen LogP) is 1.98. The molecule has 0 aliphatic carbocycles. The molecule has 0 radical (unpaired) electrons. The Morgan fingerprint density at radius 3 is 2.83 bits per heavy atom. The molecule has 1 saturated heterocycles. The molecule has 1 atom stereocenters. The zero-order valence-corrected chi connectivity index (χ0v) is 14.3. The molecule has 1 aliphatic rings. The SMILES string of the molecule is C[C@H]1CNCCN1C(=O)c1ccc(=O)n(Cc2ccccc2Cl)c1. The highest BCUT2D eigenvalue weighted by Crippen LogP contribution is 2.16. The van der Waals surface area contributed by atoms with Crippen molar-refractivity contribution in [3.05, 3.63) is 69.1 Å². The molecule has 1 aliphatic heterocycles. The normalized spacial score (nSPS) is 17.8. The van der Waals surface area contributed by atoms with Crippen LogP contribution >= 0.6 is 11.6 Å². The van der Waals surface area contributed by atoms with Gasteiger partial charge in [-0.05, 0) is 24.6 Å². The highest BCUT2D eigenvalue weighted by molar-refractivity contribution is 6.31. The number of amides is 1. The second-order valence-electron chi connectivity index (χ2n) is 6.03. The summed E-state index contributed by atoms with van der Waals surface area (Å²) in [6, 6.07) is 10.6. The molecule has 0 bridgehead atoms. The summed E-state index contributed by atoms with van der Waals surface area (Å²) in [5, 5.41) is 3.87. The van der Waals surface area contributed by atoms with E-state index in [4.69, 9.17) is 11.6 Å². The molecule has 1 amide bonds. The lowest BCUT2D eigenvalue weighted by Crippen LogP contribution is -2.52. The Bertz CT molecular complexity index is 803. The average molecular weight is 346 g/mol. The molecule has 1 aromatic heterocycles. The van der Waals surface area contributed by atoms with Crippen molar-refractivity contribution < 1.29 is 4.79 Å². The van der Waals surface area contributed by atoms with Crippen molar-refractivity contribution in [1.29, 1.82) is 0 Å². The fourth-order valence-corrected chi connectivity index (χ4v) is 3.10. The lowest BCUT2D eigenvalue weighted by molar-refractivity contribution is 0.0655. The van der Waals surface area contributed by atoms with Crippen molar-refractivity contribution in [3.8, 4) is 0 Å². The molecule has 2 heterocycles. The quantitative estimate of drug-likeness (QED) is 0.925. The number of carbonyl (C=O) groups excluding carboxylic acids is 1. The molecule has 5 nitrogen and oxygen atoms in total. The van der Waals surface area contributed by atoms with Crippen LogP contribution in [0.2, 0.25) is 5.02 Å². The van der Waals surface area contributed by atoms with Crippen molar-refractivity contribution in [1.82, 2.24) is 14.8 Å². The van der Waals surface area contributed by atoms with Gasteiger partial charge in [0.15, 0.2) is 0 Å². The maximum absolute atomic E-state index is 12.7. The Hall–Kier alpha value is -2.11. The van der Waals surface area contributed by atoms with Gasteiger partial charge in [0.2, 0.25) is 0 Å². The molecular weight excluding hydrogens is 326 g/mol. The molecule has 1 N–H and O–H groups in total. The Morgan fingerprint density at radius 2 is 2.08 bits per heavy atom. The molecule has 3 rings (SSSR count). The van der Waals surface area contributed by atoms with Crippen LogP contribution in [-0.4, -0.2) is 41.1 Å². The topological polar surface area (TPSA) is 54.3 Å². The van der Waals surface area contributed by atoms with E-state index < -0.39 is 0 Å². The third kappa shape index (κ3) is 3.52. The highest BCUT2D eigenvalue weighted by atomic mass is 35.5. The zero-order chi connectivity index (χ0) is 17.1. The van der Waals surface area contributed by atoms with Gasteiger partial charge in [0.1, 0.15) is 0 Å². The summed E-state index contributed by atoms with van der Waals surface area (Å²) >= 11 is 6.17. The van der Waals surface area contributed by atoms with Crippen molar-refractivity contribution in [2.24, 2.45) is 0 Å². The molecule has 1 aromatic carbocycles. The van der Waals surface area contributed by atoms with E-state index >= 15 is 0 Å². The smallest absolute Gasteiger partial charge is 0.255 e. The number of rotatable bonds is 3. The Balaban J connectivity index is 1.87. The predicted molar refractivity (Wildman–Crippen MR) is 94.6 cm³/mol. The largest absolute Gasteiger partial charge is 0.333 e. The number of nitrogens with zero attached hydrogens (tertiary/aromatic N) is 2. The van der Waals surface area contributed by atoms with Gasteiger partial charge in [0.05, 0.1) is 12.1 Å². The van der Waals surface area contributed by atoms with Crippen LogP contribution < -0.4 is 10.9 Å². The van der Waals surface area contributed by atoms with Gasteiger partial charge in [0, 0.05) is 43.0 Å². The van der Waals surface area contributed by atoms with E-state index in [0.29, 0.717) is 23.7 Å². The van der Waals surface area contributed by atoms with Gasteiger partial charge in [-0.25, -0.2) is 0 Å². The van der Waals surface area contributed by atoms with Gasteiger partial charge in [-0.2, -0.15) is 0 Å². The third-order valence-corrected chi connectivity index (χ3v) is 4.66. The fourth-order valence-electron chi connectivity index (χ4n) is 2.90. The van der Waals surface area contributed by atoms with Crippen LogP contribution in [0.25, 0.3) is 0 Å². The Labute approximate surface area is 145 Å². The number of hydrogen-bond acceptors (Lipinski definition) is 3. The minimum absolute atomic E-state index is 0.0445. The first-order chi connectivity index (χ1) is 11.6. The lowest BCUT2D eigenvalue weighted by Gasteiger charge is -2.34. The van der Waals surface area contributed by atoms with Gasteiger partial charge in [-0.1, -0.05) is 29.8 Å². The maximum atomic E-state index is 12.7. The number of pyridine rings is 1. The Kier molecular flexibility index (Phi) is 5.02. The number of carbonyl (C=O) groups is 1. The summed E-state index contributed by atoms with van der Waals surface area (Å²) in [5.74, 6) is -0.0445. The summed E-state index contributed by atoms with van der Waals surface area (Å²) in [5.41, 5.74) is 1.22. The van der Waals surface area contributed by atoms with Crippen molar-refractivity contribution in [2.75, 3.05) is 19.6 Å². The molecule has 1 fully saturated rings. The molecular formula is C18H20ClN3O2. The van der Waals surface area contributed by atoms with Gasteiger partial charge in [-0.15, -0.1) is 0 Å². The third-order valence-electron chi connectivity index (χ3n) is 4.29. The van der Waals surface area contributed by atoms with Crippen molar-refractivity contribution >= 4 is 17.5 Å². The summed E-state index contributed by atoms with van der Waals surface area (Å²) in [6.07, 6.45) is 1.63. The van der Waals surface area contributed by atoms with E-state index in [1.54, 1.807) is 18.3 Å². The monoisotopic (exact) mass is 345 g/mol. The summed E-state index contributed by atoms with van der Waals surface area (Å²) in [4.78, 5) is 26.7. The van der Waals surface area contributed by atoms with E-state index in [9.17, 15) is 9.59 Å². The lowest BCUT2D eigenvalue weighted by atomic mass is 10.1. The Morgan fingerprint density at radius 1 is 1.29 bits per heavy atom. The van der Waals surface area contributed by atoms with Crippen LogP contribution in [0.15, 0.2) is 47.4 Å². The molecule has 6 heteroatoms.